The van der Waals surface area contributed by atoms with Crippen molar-refractivity contribution in [2.75, 3.05) is 27.2 Å². The molecule has 1 aromatic carbocycles. The Kier molecular flexibility index (Phi) is 9.89. The normalized spacial score (nSPS) is 13.5. The van der Waals surface area contributed by atoms with Gasteiger partial charge in [0.1, 0.15) is 5.75 Å². The minimum Gasteiger partial charge on any atom is -0.496 e. The fourth-order valence-corrected chi connectivity index (χ4v) is 3.36. The lowest BCUT2D eigenvalue weighted by Crippen LogP contribution is -2.40. The number of thiophene rings is 1. The van der Waals surface area contributed by atoms with Crippen LogP contribution >= 0.6 is 35.3 Å². The first-order valence-electron chi connectivity index (χ1n) is 8.26. The molecule has 0 aliphatic rings. The molecule has 2 unspecified atom stereocenters. The van der Waals surface area contributed by atoms with E-state index in [9.17, 15) is 0 Å². The molecular formula is C19H28IN3OS. The molecule has 2 N–H and O–H groups in total. The molecule has 0 aliphatic carbocycles. The SMILES string of the molecule is CN=C(NCC(C)c1cccs1)NCC(C)c1ccccc1OC.I. The highest BCUT2D eigenvalue weighted by Gasteiger charge is 2.12. The van der Waals surface area contributed by atoms with E-state index in [2.05, 4.69) is 53.1 Å². The van der Waals surface area contributed by atoms with Crippen molar-refractivity contribution in [1.82, 2.24) is 10.6 Å². The minimum atomic E-state index is 0. The fourth-order valence-electron chi connectivity index (χ4n) is 2.58. The minimum absolute atomic E-state index is 0. The molecule has 0 saturated heterocycles. The van der Waals surface area contributed by atoms with Crippen molar-refractivity contribution in [2.24, 2.45) is 4.99 Å². The number of methoxy groups -OCH3 is 1. The summed E-state index contributed by atoms with van der Waals surface area (Å²) in [5.41, 5.74) is 1.20. The number of nitrogens with zero attached hydrogens (tertiary/aromatic N) is 1. The Bertz CT molecular complexity index is 646. The second-order valence-corrected chi connectivity index (χ2v) is 6.87. The van der Waals surface area contributed by atoms with E-state index in [1.807, 2.05) is 18.2 Å². The summed E-state index contributed by atoms with van der Waals surface area (Å²) >= 11 is 1.80. The van der Waals surface area contributed by atoms with Crippen molar-refractivity contribution < 1.29 is 4.74 Å². The maximum atomic E-state index is 5.45. The number of benzene rings is 1. The Morgan fingerprint density at radius 2 is 1.76 bits per heavy atom. The van der Waals surface area contributed by atoms with E-state index in [-0.39, 0.29) is 24.0 Å². The molecule has 0 spiro atoms. The topological polar surface area (TPSA) is 45.7 Å². The second kappa shape index (κ2) is 11.4. The number of rotatable bonds is 7. The Balaban J connectivity index is 0.00000312. The number of hydrogen-bond donors (Lipinski definition) is 2. The van der Waals surface area contributed by atoms with Gasteiger partial charge in [0.15, 0.2) is 5.96 Å². The molecular weight excluding hydrogens is 445 g/mol. The van der Waals surface area contributed by atoms with Crippen LogP contribution < -0.4 is 15.4 Å². The van der Waals surface area contributed by atoms with Crippen molar-refractivity contribution in [2.45, 2.75) is 25.7 Å². The van der Waals surface area contributed by atoms with Crippen LogP contribution in [-0.2, 0) is 0 Å². The number of para-hydroxylation sites is 1. The number of ether oxygens (including phenoxy) is 1. The van der Waals surface area contributed by atoms with Crippen LogP contribution in [0.15, 0.2) is 46.8 Å². The highest BCUT2D eigenvalue weighted by atomic mass is 127. The molecule has 0 bridgehead atoms. The van der Waals surface area contributed by atoms with Gasteiger partial charge >= 0.3 is 0 Å². The molecule has 0 fully saturated rings. The van der Waals surface area contributed by atoms with Crippen molar-refractivity contribution >= 4 is 41.3 Å². The molecule has 2 aromatic rings. The molecule has 1 heterocycles. The molecule has 2 rings (SSSR count). The predicted octanol–water partition coefficient (Wildman–Crippen LogP) is 4.45. The largest absolute Gasteiger partial charge is 0.496 e. The average molecular weight is 473 g/mol. The van der Waals surface area contributed by atoms with E-state index in [0.717, 1.165) is 24.8 Å². The third kappa shape index (κ3) is 6.51. The Morgan fingerprint density at radius 1 is 1.08 bits per heavy atom. The van der Waals surface area contributed by atoms with Gasteiger partial charge in [-0.15, -0.1) is 35.3 Å². The lowest BCUT2D eigenvalue weighted by atomic mass is 10.0. The van der Waals surface area contributed by atoms with E-state index in [0.29, 0.717) is 11.8 Å². The zero-order chi connectivity index (χ0) is 17.4. The molecule has 0 saturated carbocycles. The third-order valence-corrected chi connectivity index (χ3v) is 5.18. The van der Waals surface area contributed by atoms with Gasteiger partial charge in [0.25, 0.3) is 0 Å². The van der Waals surface area contributed by atoms with Crippen LogP contribution in [0.2, 0.25) is 0 Å². The summed E-state index contributed by atoms with van der Waals surface area (Å²) in [5.74, 6) is 2.56. The predicted molar refractivity (Wildman–Crippen MR) is 119 cm³/mol. The summed E-state index contributed by atoms with van der Waals surface area (Å²) < 4.78 is 5.45. The third-order valence-electron chi connectivity index (χ3n) is 4.07. The second-order valence-electron chi connectivity index (χ2n) is 5.89. The maximum absolute atomic E-state index is 5.45. The quantitative estimate of drug-likeness (QED) is 0.355. The molecule has 138 valence electrons. The van der Waals surface area contributed by atoms with Gasteiger partial charge in [-0.05, 0) is 23.1 Å². The van der Waals surface area contributed by atoms with Crippen LogP contribution in [0.25, 0.3) is 0 Å². The summed E-state index contributed by atoms with van der Waals surface area (Å²) in [5, 5.41) is 8.93. The monoisotopic (exact) mass is 473 g/mol. The molecule has 4 nitrogen and oxygen atoms in total. The van der Waals surface area contributed by atoms with Crippen LogP contribution in [0, 0.1) is 0 Å². The zero-order valence-corrected chi connectivity index (χ0v) is 18.4. The van der Waals surface area contributed by atoms with Gasteiger partial charge in [0.2, 0.25) is 0 Å². The maximum Gasteiger partial charge on any atom is 0.191 e. The van der Waals surface area contributed by atoms with Crippen LogP contribution in [0.5, 0.6) is 5.75 Å². The summed E-state index contributed by atoms with van der Waals surface area (Å²) in [6, 6.07) is 12.4. The molecule has 0 radical (unpaired) electrons. The van der Waals surface area contributed by atoms with Crippen molar-refractivity contribution in [1.29, 1.82) is 0 Å². The van der Waals surface area contributed by atoms with Crippen molar-refractivity contribution in [3.8, 4) is 5.75 Å². The zero-order valence-electron chi connectivity index (χ0n) is 15.3. The van der Waals surface area contributed by atoms with Crippen LogP contribution in [0.1, 0.15) is 36.1 Å². The van der Waals surface area contributed by atoms with Gasteiger partial charge in [-0.3, -0.25) is 4.99 Å². The first-order valence-corrected chi connectivity index (χ1v) is 9.14. The summed E-state index contributed by atoms with van der Waals surface area (Å²) in [4.78, 5) is 5.71. The Labute approximate surface area is 172 Å². The highest BCUT2D eigenvalue weighted by molar-refractivity contribution is 14.0. The van der Waals surface area contributed by atoms with Gasteiger partial charge in [-0.2, -0.15) is 0 Å². The lowest BCUT2D eigenvalue weighted by Gasteiger charge is -2.19. The highest BCUT2D eigenvalue weighted by Crippen LogP contribution is 2.25. The molecule has 0 aliphatic heterocycles. The Hall–Kier alpha value is -1.28. The van der Waals surface area contributed by atoms with Crippen LogP contribution in [0.4, 0.5) is 0 Å². The number of guanidine groups is 1. The van der Waals surface area contributed by atoms with Gasteiger partial charge in [-0.1, -0.05) is 38.1 Å². The molecule has 2 atom stereocenters. The van der Waals surface area contributed by atoms with E-state index < -0.39 is 0 Å². The lowest BCUT2D eigenvalue weighted by molar-refractivity contribution is 0.406. The van der Waals surface area contributed by atoms with Gasteiger partial charge in [-0.25, -0.2) is 0 Å². The molecule has 0 amide bonds. The van der Waals surface area contributed by atoms with Gasteiger partial charge < -0.3 is 15.4 Å². The average Bonchev–Trinajstić information content (AvgIpc) is 3.16. The summed E-state index contributed by atoms with van der Waals surface area (Å²) in [6.45, 7) is 6.08. The number of nitrogens with one attached hydrogen (secondary N) is 2. The standard InChI is InChI=1S/C19H27N3OS.HI/c1-14(16-8-5-6-9-17(16)23-4)12-21-19(20-3)22-13-15(2)18-10-7-11-24-18;/h5-11,14-15H,12-13H2,1-4H3,(H2,20,21,22);1H. The van der Waals surface area contributed by atoms with Crippen LogP contribution in [-0.4, -0.2) is 33.2 Å². The van der Waals surface area contributed by atoms with Gasteiger partial charge in [0, 0.05) is 36.9 Å². The van der Waals surface area contributed by atoms with E-state index in [1.54, 1.807) is 25.5 Å². The summed E-state index contributed by atoms with van der Waals surface area (Å²) in [7, 11) is 3.52. The number of aliphatic imine (C=N–C) groups is 1. The van der Waals surface area contributed by atoms with Crippen LogP contribution in [0.3, 0.4) is 0 Å². The van der Waals surface area contributed by atoms with E-state index in [1.165, 1.54) is 10.4 Å². The first kappa shape index (κ1) is 21.8. The van der Waals surface area contributed by atoms with E-state index >= 15 is 0 Å². The molecule has 25 heavy (non-hydrogen) atoms. The van der Waals surface area contributed by atoms with Crippen molar-refractivity contribution in [3.63, 3.8) is 0 Å². The van der Waals surface area contributed by atoms with Crippen molar-refractivity contribution in [3.05, 3.63) is 52.2 Å². The Morgan fingerprint density at radius 3 is 2.36 bits per heavy atom. The summed E-state index contributed by atoms with van der Waals surface area (Å²) in [6.07, 6.45) is 0. The fraction of sp³-hybridized carbons (Fsp3) is 0.421. The molecule has 1 aromatic heterocycles. The van der Waals surface area contributed by atoms with E-state index in [4.69, 9.17) is 4.74 Å². The first-order chi connectivity index (χ1) is 11.7. The number of hydrogen-bond acceptors (Lipinski definition) is 3. The smallest absolute Gasteiger partial charge is 0.191 e. The van der Waals surface area contributed by atoms with Gasteiger partial charge in [0.05, 0.1) is 7.11 Å². The molecule has 6 heteroatoms. The number of halogens is 1.